The molecule has 0 amide bonds. The minimum Gasteiger partial charge on any atom is -0.494 e. The van der Waals surface area contributed by atoms with E-state index in [1.807, 2.05) is 0 Å². The van der Waals surface area contributed by atoms with Crippen LogP contribution in [0.4, 0.5) is 0 Å². The highest BCUT2D eigenvalue weighted by molar-refractivity contribution is 5.27. The quantitative estimate of drug-likeness (QED) is 0.800. The van der Waals surface area contributed by atoms with E-state index in [1.165, 1.54) is 5.56 Å². The van der Waals surface area contributed by atoms with Gasteiger partial charge in [-0.3, -0.25) is 0 Å². The van der Waals surface area contributed by atoms with Crippen molar-refractivity contribution in [3.05, 3.63) is 29.8 Å². The van der Waals surface area contributed by atoms with Gasteiger partial charge in [0.05, 0.1) is 12.7 Å². The van der Waals surface area contributed by atoms with Gasteiger partial charge in [0.15, 0.2) is 0 Å². The first-order valence-corrected chi connectivity index (χ1v) is 7.40. The van der Waals surface area contributed by atoms with Crippen LogP contribution < -0.4 is 4.74 Å². The van der Waals surface area contributed by atoms with Crippen molar-refractivity contribution in [1.82, 2.24) is 4.90 Å². The van der Waals surface area contributed by atoms with E-state index >= 15 is 0 Å². The van der Waals surface area contributed by atoms with Crippen molar-refractivity contribution in [2.75, 3.05) is 26.2 Å². The topological polar surface area (TPSA) is 32.7 Å². The summed E-state index contributed by atoms with van der Waals surface area (Å²) in [7, 11) is 0. The number of likely N-dealkylation sites (tertiary alicyclic amines) is 1. The first-order chi connectivity index (χ1) is 9.28. The number of benzene rings is 1. The van der Waals surface area contributed by atoms with E-state index in [-0.39, 0.29) is 6.10 Å². The van der Waals surface area contributed by atoms with Crippen LogP contribution >= 0.6 is 0 Å². The maximum atomic E-state index is 9.44. The van der Waals surface area contributed by atoms with Gasteiger partial charge < -0.3 is 14.7 Å². The van der Waals surface area contributed by atoms with Crippen LogP contribution in [0.2, 0.25) is 0 Å². The van der Waals surface area contributed by atoms with Crippen molar-refractivity contribution in [2.24, 2.45) is 0 Å². The molecule has 3 heteroatoms. The van der Waals surface area contributed by atoms with Gasteiger partial charge in [-0.25, -0.2) is 0 Å². The molecule has 1 heterocycles. The van der Waals surface area contributed by atoms with Crippen molar-refractivity contribution >= 4 is 0 Å². The fourth-order valence-electron chi connectivity index (χ4n) is 2.44. The van der Waals surface area contributed by atoms with Crippen LogP contribution in [0.25, 0.3) is 0 Å². The molecule has 1 aliphatic rings. The summed E-state index contributed by atoms with van der Waals surface area (Å²) in [5.41, 5.74) is 1.35. The molecule has 0 aromatic heterocycles. The molecule has 2 rings (SSSR count). The van der Waals surface area contributed by atoms with Crippen LogP contribution in [0.1, 0.15) is 31.7 Å². The normalized spacial score (nSPS) is 17.6. The molecule has 1 aromatic rings. The zero-order chi connectivity index (χ0) is 13.5. The average Bonchev–Trinajstić information content (AvgIpc) is 2.46. The smallest absolute Gasteiger partial charge is 0.119 e. The Labute approximate surface area is 116 Å². The molecule has 0 spiro atoms. The Balaban J connectivity index is 1.61. The summed E-state index contributed by atoms with van der Waals surface area (Å²) in [4.78, 5) is 2.41. The average molecular weight is 263 g/mol. The zero-order valence-corrected chi connectivity index (χ0v) is 11.8. The Hall–Kier alpha value is -1.06. The van der Waals surface area contributed by atoms with Crippen LogP contribution in [0, 0.1) is 0 Å². The van der Waals surface area contributed by atoms with E-state index < -0.39 is 0 Å². The number of hydrogen-bond donors (Lipinski definition) is 1. The lowest BCUT2D eigenvalue weighted by Crippen LogP contribution is -2.36. The fraction of sp³-hybridized carbons (Fsp3) is 0.625. The molecule has 0 aliphatic carbocycles. The van der Waals surface area contributed by atoms with Crippen LogP contribution in [-0.2, 0) is 6.42 Å². The molecule has 0 saturated carbocycles. The summed E-state index contributed by atoms with van der Waals surface area (Å²) in [6.45, 7) is 6.04. The maximum Gasteiger partial charge on any atom is 0.119 e. The molecule has 1 aromatic carbocycles. The Bertz CT molecular complexity index is 356. The summed E-state index contributed by atoms with van der Waals surface area (Å²) in [6, 6.07) is 8.36. The van der Waals surface area contributed by atoms with Crippen LogP contribution in [-0.4, -0.2) is 42.4 Å². The lowest BCUT2D eigenvalue weighted by atomic mass is 10.1. The molecular weight excluding hydrogens is 238 g/mol. The number of rotatable bonds is 6. The molecule has 1 saturated heterocycles. The van der Waals surface area contributed by atoms with E-state index in [2.05, 4.69) is 36.1 Å². The molecule has 1 aliphatic heterocycles. The lowest BCUT2D eigenvalue weighted by molar-refractivity contribution is 0.0800. The number of piperidine rings is 1. The molecule has 1 N–H and O–H groups in total. The van der Waals surface area contributed by atoms with Crippen molar-refractivity contribution in [3.8, 4) is 5.75 Å². The molecule has 0 bridgehead atoms. The van der Waals surface area contributed by atoms with Crippen molar-refractivity contribution < 1.29 is 9.84 Å². The summed E-state index contributed by atoms with van der Waals surface area (Å²) in [5.74, 6) is 0.964. The van der Waals surface area contributed by atoms with E-state index in [0.717, 1.165) is 57.7 Å². The predicted octanol–water partition coefficient (Wildman–Crippen LogP) is 2.47. The Morgan fingerprint density at radius 2 is 1.89 bits per heavy atom. The number of aliphatic hydroxyl groups excluding tert-OH is 1. The van der Waals surface area contributed by atoms with Gasteiger partial charge in [-0.15, -0.1) is 0 Å². The van der Waals surface area contributed by atoms with Gasteiger partial charge in [-0.2, -0.15) is 0 Å². The number of aliphatic hydroxyl groups is 1. The third kappa shape index (κ3) is 4.84. The highest BCUT2D eigenvalue weighted by Crippen LogP contribution is 2.13. The highest BCUT2D eigenvalue weighted by Gasteiger charge is 2.15. The predicted molar refractivity (Wildman–Crippen MR) is 77.6 cm³/mol. The van der Waals surface area contributed by atoms with Gasteiger partial charge in [0, 0.05) is 19.6 Å². The molecule has 106 valence electrons. The van der Waals surface area contributed by atoms with Crippen molar-refractivity contribution in [2.45, 2.75) is 38.7 Å². The standard InChI is InChI=1S/C16H25NO2/c1-2-14-4-6-16(7-5-14)19-13-3-10-17-11-8-15(18)9-12-17/h4-7,15,18H,2-3,8-13H2,1H3. The van der Waals surface area contributed by atoms with Crippen LogP contribution in [0.3, 0.4) is 0 Å². The number of hydrogen-bond acceptors (Lipinski definition) is 3. The van der Waals surface area contributed by atoms with E-state index in [9.17, 15) is 5.11 Å². The van der Waals surface area contributed by atoms with Crippen LogP contribution in [0.5, 0.6) is 5.75 Å². The van der Waals surface area contributed by atoms with Crippen molar-refractivity contribution in [1.29, 1.82) is 0 Å². The third-order valence-corrected chi connectivity index (χ3v) is 3.78. The number of nitrogens with zero attached hydrogens (tertiary/aromatic N) is 1. The summed E-state index contributed by atoms with van der Waals surface area (Å²) < 4.78 is 5.74. The summed E-state index contributed by atoms with van der Waals surface area (Å²) in [5, 5.41) is 9.44. The molecule has 3 nitrogen and oxygen atoms in total. The second kappa shape index (κ2) is 7.51. The van der Waals surface area contributed by atoms with Gasteiger partial charge in [0.2, 0.25) is 0 Å². The monoisotopic (exact) mass is 263 g/mol. The Morgan fingerprint density at radius 3 is 2.53 bits per heavy atom. The van der Waals surface area contributed by atoms with Gasteiger partial charge >= 0.3 is 0 Å². The second-order valence-electron chi connectivity index (χ2n) is 5.27. The lowest BCUT2D eigenvalue weighted by Gasteiger charge is -2.29. The van der Waals surface area contributed by atoms with E-state index in [0.29, 0.717) is 0 Å². The zero-order valence-electron chi connectivity index (χ0n) is 11.8. The second-order valence-corrected chi connectivity index (χ2v) is 5.27. The van der Waals surface area contributed by atoms with E-state index in [4.69, 9.17) is 4.74 Å². The largest absolute Gasteiger partial charge is 0.494 e. The van der Waals surface area contributed by atoms with Gasteiger partial charge in [-0.05, 0) is 43.4 Å². The minimum atomic E-state index is -0.0791. The van der Waals surface area contributed by atoms with Gasteiger partial charge in [0.25, 0.3) is 0 Å². The molecule has 1 fully saturated rings. The summed E-state index contributed by atoms with van der Waals surface area (Å²) in [6.07, 6.45) is 3.87. The minimum absolute atomic E-state index is 0.0791. The fourth-order valence-corrected chi connectivity index (χ4v) is 2.44. The molecule has 19 heavy (non-hydrogen) atoms. The van der Waals surface area contributed by atoms with E-state index in [1.54, 1.807) is 0 Å². The van der Waals surface area contributed by atoms with Gasteiger partial charge in [-0.1, -0.05) is 19.1 Å². The molecule has 0 atom stereocenters. The Morgan fingerprint density at radius 1 is 1.21 bits per heavy atom. The first kappa shape index (κ1) is 14.4. The molecule has 0 radical (unpaired) electrons. The summed E-state index contributed by atoms with van der Waals surface area (Å²) >= 11 is 0. The number of aryl methyl sites for hydroxylation is 1. The molecule has 0 unspecified atom stereocenters. The maximum absolute atomic E-state index is 9.44. The Kier molecular flexibility index (Phi) is 5.67. The first-order valence-electron chi connectivity index (χ1n) is 7.40. The molecular formula is C16H25NO2. The van der Waals surface area contributed by atoms with Gasteiger partial charge in [0.1, 0.15) is 5.75 Å². The SMILES string of the molecule is CCc1ccc(OCCCN2CCC(O)CC2)cc1. The van der Waals surface area contributed by atoms with Crippen molar-refractivity contribution in [3.63, 3.8) is 0 Å². The highest BCUT2D eigenvalue weighted by atomic mass is 16.5. The van der Waals surface area contributed by atoms with Crippen LogP contribution in [0.15, 0.2) is 24.3 Å². The third-order valence-electron chi connectivity index (χ3n) is 3.78. The number of ether oxygens (including phenoxy) is 1.